The Bertz CT molecular complexity index is 837. The number of hydrogen-bond donors (Lipinski definition) is 2. The van der Waals surface area contributed by atoms with E-state index in [0.29, 0.717) is 21.5 Å². The fourth-order valence-electron chi connectivity index (χ4n) is 3.58. The highest BCUT2D eigenvalue weighted by atomic mass is 35.5. The molecule has 2 aromatic rings. The summed E-state index contributed by atoms with van der Waals surface area (Å²) >= 11 is 12.5. The Labute approximate surface area is 143 Å². The van der Waals surface area contributed by atoms with Crippen molar-refractivity contribution in [3.8, 4) is 5.75 Å². The molecule has 118 valence electrons. The van der Waals surface area contributed by atoms with Gasteiger partial charge in [-0.25, -0.2) is 4.79 Å². The third-order valence-electron chi connectivity index (χ3n) is 4.50. The van der Waals surface area contributed by atoms with Crippen LogP contribution in [-0.4, -0.2) is 23.2 Å². The molecule has 6 heteroatoms. The predicted molar refractivity (Wildman–Crippen MR) is 88.9 cm³/mol. The van der Waals surface area contributed by atoms with Crippen LogP contribution < -0.4 is 10.1 Å². The summed E-state index contributed by atoms with van der Waals surface area (Å²) < 4.78 is 5.97. The molecule has 4 rings (SSSR count). The summed E-state index contributed by atoms with van der Waals surface area (Å²) in [5, 5.41) is 13.6. The fraction of sp³-hybridized carbons (Fsp3) is 0.235. The number of hydrogen-bond acceptors (Lipinski definition) is 3. The van der Waals surface area contributed by atoms with Gasteiger partial charge in [-0.3, -0.25) is 0 Å². The summed E-state index contributed by atoms with van der Waals surface area (Å²) in [7, 11) is 0. The van der Waals surface area contributed by atoms with Crippen molar-refractivity contribution in [3.63, 3.8) is 0 Å². The molecule has 3 unspecified atom stereocenters. The van der Waals surface area contributed by atoms with Crippen molar-refractivity contribution < 1.29 is 14.6 Å². The van der Waals surface area contributed by atoms with Gasteiger partial charge in [0.15, 0.2) is 6.04 Å². The van der Waals surface area contributed by atoms with Crippen LogP contribution in [0.2, 0.25) is 10.0 Å². The van der Waals surface area contributed by atoms with Crippen LogP contribution in [0, 0.1) is 6.92 Å². The molecular formula is C17H13Cl2NO3. The van der Waals surface area contributed by atoms with Gasteiger partial charge in [0.2, 0.25) is 0 Å². The van der Waals surface area contributed by atoms with E-state index in [1.807, 2.05) is 25.1 Å². The minimum atomic E-state index is -0.966. The van der Waals surface area contributed by atoms with Gasteiger partial charge < -0.3 is 15.2 Å². The zero-order valence-corrected chi connectivity index (χ0v) is 13.7. The van der Waals surface area contributed by atoms with Gasteiger partial charge in [0.1, 0.15) is 11.9 Å². The Morgan fingerprint density at radius 2 is 2.04 bits per heavy atom. The molecule has 0 spiro atoms. The Balaban J connectivity index is 1.99. The van der Waals surface area contributed by atoms with Gasteiger partial charge in [0.25, 0.3) is 0 Å². The van der Waals surface area contributed by atoms with E-state index in [9.17, 15) is 9.90 Å². The van der Waals surface area contributed by atoms with E-state index >= 15 is 0 Å². The molecule has 0 saturated carbocycles. The van der Waals surface area contributed by atoms with Gasteiger partial charge >= 0.3 is 5.97 Å². The predicted octanol–water partition coefficient (Wildman–Crippen LogP) is 4.07. The molecule has 2 aromatic carbocycles. The van der Waals surface area contributed by atoms with Crippen molar-refractivity contribution in [3.05, 3.63) is 57.1 Å². The maximum atomic E-state index is 11.7. The molecule has 2 aliphatic rings. The van der Waals surface area contributed by atoms with Crippen LogP contribution in [-0.2, 0) is 4.79 Å². The lowest BCUT2D eigenvalue weighted by Crippen LogP contribution is -2.48. The minimum Gasteiger partial charge on any atom is -0.486 e. The number of halogens is 2. The Morgan fingerprint density at radius 3 is 2.78 bits per heavy atom. The van der Waals surface area contributed by atoms with Crippen LogP contribution in [0.4, 0.5) is 5.69 Å². The molecule has 0 fully saturated rings. The summed E-state index contributed by atoms with van der Waals surface area (Å²) in [6, 6.07) is 8.28. The highest BCUT2D eigenvalue weighted by molar-refractivity contribution is 6.35. The van der Waals surface area contributed by atoms with E-state index in [1.54, 1.807) is 12.1 Å². The highest BCUT2D eigenvalue weighted by Crippen LogP contribution is 2.52. The smallest absolute Gasteiger partial charge is 0.330 e. The zero-order valence-electron chi connectivity index (χ0n) is 12.1. The molecule has 23 heavy (non-hydrogen) atoms. The van der Waals surface area contributed by atoms with Gasteiger partial charge in [0, 0.05) is 26.9 Å². The number of carboxylic acid groups (broad SMARTS) is 1. The number of carboxylic acids is 1. The maximum absolute atomic E-state index is 11.7. The minimum absolute atomic E-state index is 0.228. The third kappa shape index (κ3) is 2.09. The quantitative estimate of drug-likeness (QED) is 0.814. The number of nitrogens with one attached hydrogen (secondary N) is 1. The van der Waals surface area contributed by atoms with Crippen molar-refractivity contribution in [1.82, 2.24) is 0 Å². The van der Waals surface area contributed by atoms with E-state index in [1.165, 1.54) is 0 Å². The first-order valence-corrected chi connectivity index (χ1v) is 7.97. The average molecular weight is 350 g/mol. The first-order valence-electron chi connectivity index (χ1n) is 7.22. The van der Waals surface area contributed by atoms with Gasteiger partial charge in [0.05, 0.1) is 5.92 Å². The van der Waals surface area contributed by atoms with Crippen molar-refractivity contribution in [1.29, 1.82) is 0 Å². The second-order valence-electron chi connectivity index (χ2n) is 5.86. The lowest BCUT2D eigenvalue weighted by atomic mass is 9.79. The molecule has 0 amide bonds. The Morgan fingerprint density at radius 1 is 1.26 bits per heavy atom. The van der Waals surface area contributed by atoms with Crippen LogP contribution in [0.3, 0.4) is 0 Å². The number of aliphatic carboxylic acids is 1. The molecule has 2 aliphatic heterocycles. The van der Waals surface area contributed by atoms with E-state index in [4.69, 9.17) is 27.9 Å². The van der Waals surface area contributed by atoms with Crippen LogP contribution in [0.1, 0.15) is 22.6 Å². The standard InChI is InChI=1S/C17H13Cl2NO3/c1-7-3-2-4-11-12(7)14-13-9(19)5-8(18)6-10(13)20-15(17(21)22)16(14)23-11/h2-6,14-16,20H,1H3,(H,21,22). The topological polar surface area (TPSA) is 58.6 Å². The highest BCUT2D eigenvalue weighted by Gasteiger charge is 2.49. The summed E-state index contributed by atoms with van der Waals surface area (Å²) in [5.41, 5.74) is 3.54. The van der Waals surface area contributed by atoms with Crippen molar-refractivity contribution >= 4 is 34.9 Å². The van der Waals surface area contributed by atoms with E-state index in [2.05, 4.69) is 5.32 Å². The number of carbonyl (C=O) groups is 1. The maximum Gasteiger partial charge on any atom is 0.330 e. The first kappa shape index (κ1) is 14.7. The largest absolute Gasteiger partial charge is 0.486 e. The fourth-order valence-corrected chi connectivity index (χ4v) is 4.19. The third-order valence-corrected chi connectivity index (χ3v) is 5.03. The number of rotatable bonds is 1. The monoisotopic (exact) mass is 349 g/mol. The normalized spacial score (nSPS) is 24.0. The molecule has 0 radical (unpaired) electrons. The van der Waals surface area contributed by atoms with Gasteiger partial charge in [-0.2, -0.15) is 0 Å². The molecule has 0 aromatic heterocycles. The summed E-state index contributed by atoms with van der Waals surface area (Å²) in [4.78, 5) is 11.7. The molecule has 0 aliphatic carbocycles. The van der Waals surface area contributed by atoms with E-state index < -0.39 is 18.1 Å². The molecule has 2 heterocycles. The van der Waals surface area contributed by atoms with E-state index in [-0.39, 0.29) is 5.92 Å². The molecule has 0 bridgehead atoms. The molecule has 0 saturated heterocycles. The lowest BCUT2D eigenvalue weighted by molar-refractivity contribution is -0.140. The number of ether oxygens (including phenoxy) is 1. The van der Waals surface area contributed by atoms with Crippen LogP contribution >= 0.6 is 23.2 Å². The lowest BCUT2D eigenvalue weighted by Gasteiger charge is -2.34. The number of aryl methyl sites for hydroxylation is 1. The average Bonchev–Trinajstić information content (AvgIpc) is 2.85. The molecule has 2 N–H and O–H groups in total. The van der Waals surface area contributed by atoms with Crippen LogP contribution in [0.5, 0.6) is 5.75 Å². The van der Waals surface area contributed by atoms with Crippen LogP contribution in [0.25, 0.3) is 0 Å². The Hall–Kier alpha value is -1.91. The summed E-state index contributed by atoms with van der Waals surface area (Å²) in [6.45, 7) is 1.99. The molecular weight excluding hydrogens is 337 g/mol. The molecule has 3 atom stereocenters. The second-order valence-corrected chi connectivity index (χ2v) is 6.70. The summed E-state index contributed by atoms with van der Waals surface area (Å²) in [5.74, 6) is -0.479. The van der Waals surface area contributed by atoms with Gasteiger partial charge in [-0.05, 0) is 30.7 Å². The van der Waals surface area contributed by atoms with Crippen LogP contribution in [0.15, 0.2) is 30.3 Å². The SMILES string of the molecule is Cc1cccc2c1C1c3c(Cl)cc(Cl)cc3NC(C(=O)O)C1O2. The Kier molecular flexibility index (Phi) is 3.22. The zero-order chi connectivity index (χ0) is 16.3. The van der Waals surface area contributed by atoms with Crippen molar-refractivity contribution in [2.75, 3.05) is 5.32 Å². The number of anilines is 1. The van der Waals surface area contributed by atoms with Gasteiger partial charge in [-0.15, -0.1) is 0 Å². The summed E-state index contributed by atoms with van der Waals surface area (Å²) in [6.07, 6.45) is -0.547. The van der Waals surface area contributed by atoms with E-state index in [0.717, 1.165) is 16.7 Å². The number of benzene rings is 2. The molecule has 4 nitrogen and oxygen atoms in total. The number of fused-ring (bicyclic) bond motifs is 5. The van der Waals surface area contributed by atoms with Crippen molar-refractivity contribution in [2.24, 2.45) is 0 Å². The van der Waals surface area contributed by atoms with Crippen molar-refractivity contribution in [2.45, 2.75) is 25.0 Å². The first-order chi connectivity index (χ1) is 11.0. The second kappa shape index (κ2) is 5.05. The van der Waals surface area contributed by atoms with Gasteiger partial charge in [-0.1, -0.05) is 35.3 Å².